The van der Waals surface area contributed by atoms with Crippen molar-refractivity contribution in [2.75, 3.05) is 19.6 Å². The summed E-state index contributed by atoms with van der Waals surface area (Å²) in [5.41, 5.74) is 2.32. The second-order valence-electron chi connectivity index (χ2n) is 7.09. The maximum absolute atomic E-state index is 12.5. The monoisotopic (exact) mass is 379 g/mol. The van der Waals surface area contributed by atoms with E-state index in [1.54, 1.807) is 11.3 Å². The van der Waals surface area contributed by atoms with Crippen LogP contribution in [0, 0.1) is 0 Å². The van der Waals surface area contributed by atoms with E-state index >= 15 is 0 Å². The zero-order valence-corrected chi connectivity index (χ0v) is 16.3. The summed E-state index contributed by atoms with van der Waals surface area (Å²) in [6.07, 6.45) is 4.30. The molecular formula is C22H25N3OS. The fraction of sp³-hybridized carbons (Fsp3) is 0.364. The van der Waals surface area contributed by atoms with Crippen molar-refractivity contribution in [1.82, 2.24) is 15.2 Å². The first-order valence-electron chi connectivity index (χ1n) is 9.70. The van der Waals surface area contributed by atoms with Gasteiger partial charge in [0.25, 0.3) is 0 Å². The molecule has 1 aliphatic heterocycles. The fourth-order valence-corrected chi connectivity index (χ4v) is 4.86. The molecule has 27 heavy (non-hydrogen) atoms. The summed E-state index contributed by atoms with van der Waals surface area (Å²) in [6, 6.07) is 18.8. The zero-order chi connectivity index (χ0) is 18.5. The Balaban J connectivity index is 1.36. The Hall–Kier alpha value is -2.24. The number of carbonyl (C=O) groups excluding carboxylic acids is 1. The molecule has 0 aliphatic carbocycles. The number of carbonyl (C=O) groups is 1. The third-order valence-electron chi connectivity index (χ3n) is 5.13. The van der Waals surface area contributed by atoms with E-state index < -0.39 is 0 Å². The standard InChI is InChI=1S/C22H25N3OS/c26-21(23-14-13-17-8-2-1-3-9-17)16-25-15-7-6-11-19(25)22-24-18-10-4-5-12-20(18)27-22/h1-5,8-10,12,19H,6-7,11,13-16H2,(H,23,26)/t19-/m1/s1. The Bertz CT molecular complexity index is 860. The Labute approximate surface area is 164 Å². The van der Waals surface area contributed by atoms with Crippen molar-refractivity contribution in [2.45, 2.75) is 31.7 Å². The lowest BCUT2D eigenvalue weighted by Gasteiger charge is -2.33. The van der Waals surface area contributed by atoms with E-state index in [9.17, 15) is 4.79 Å². The van der Waals surface area contributed by atoms with Gasteiger partial charge in [-0.2, -0.15) is 0 Å². The number of hydrogen-bond acceptors (Lipinski definition) is 4. The lowest BCUT2D eigenvalue weighted by atomic mass is 10.0. The van der Waals surface area contributed by atoms with E-state index in [0.717, 1.165) is 36.3 Å². The van der Waals surface area contributed by atoms with Crippen LogP contribution in [0.4, 0.5) is 0 Å². The highest BCUT2D eigenvalue weighted by atomic mass is 32.1. The van der Waals surface area contributed by atoms with E-state index in [-0.39, 0.29) is 11.9 Å². The van der Waals surface area contributed by atoms with Gasteiger partial charge < -0.3 is 5.32 Å². The van der Waals surface area contributed by atoms with Gasteiger partial charge in [-0.25, -0.2) is 4.98 Å². The molecule has 5 heteroatoms. The molecule has 1 atom stereocenters. The summed E-state index contributed by atoms with van der Waals surface area (Å²) in [5, 5.41) is 4.23. The predicted molar refractivity (Wildman–Crippen MR) is 111 cm³/mol. The number of aromatic nitrogens is 1. The molecule has 0 spiro atoms. The fourth-order valence-electron chi connectivity index (χ4n) is 3.72. The van der Waals surface area contributed by atoms with Crippen LogP contribution in [0.3, 0.4) is 0 Å². The maximum Gasteiger partial charge on any atom is 0.234 e. The molecule has 1 aromatic heterocycles. The Morgan fingerprint density at radius 3 is 2.78 bits per heavy atom. The average Bonchev–Trinajstić information content (AvgIpc) is 3.13. The number of rotatable bonds is 6. The number of thiazole rings is 1. The zero-order valence-electron chi connectivity index (χ0n) is 15.4. The van der Waals surface area contributed by atoms with E-state index in [1.807, 2.05) is 24.3 Å². The van der Waals surface area contributed by atoms with Gasteiger partial charge in [-0.15, -0.1) is 11.3 Å². The quantitative estimate of drug-likeness (QED) is 0.699. The molecule has 0 saturated carbocycles. The van der Waals surface area contributed by atoms with Gasteiger partial charge in [-0.05, 0) is 43.5 Å². The normalized spacial score (nSPS) is 17.9. The summed E-state index contributed by atoms with van der Waals surface area (Å²) >= 11 is 1.77. The van der Waals surface area contributed by atoms with Crippen molar-refractivity contribution in [3.63, 3.8) is 0 Å². The molecule has 0 unspecified atom stereocenters. The minimum absolute atomic E-state index is 0.110. The van der Waals surface area contributed by atoms with Crippen LogP contribution in [-0.2, 0) is 11.2 Å². The molecule has 3 aromatic rings. The number of nitrogens with zero attached hydrogens (tertiary/aromatic N) is 2. The average molecular weight is 380 g/mol. The van der Waals surface area contributed by atoms with Gasteiger partial charge in [0.1, 0.15) is 5.01 Å². The first kappa shape index (κ1) is 18.1. The van der Waals surface area contributed by atoms with Gasteiger partial charge in [0.05, 0.1) is 22.8 Å². The molecule has 1 N–H and O–H groups in total. The minimum Gasteiger partial charge on any atom is -0.355 e. The van der Waals surface area contributed by atoms with Gasteiger partial charge in [0, 0.05) is 6.54 Å². The predicted octanol–water partition coefficient (Wildman–Crippen LogP) is 4.18. The Kier molecular flexibility index (Phi) is 5.80. The number of amides is 1. The van der Waals surface area contributed by atoms with Crippen LogP contribution in [0.25, 0.3) is 10.2 Å². The summed E-state index contributed by atoms with van der Waals surface area (Å²) in [5.74, 6) is 0.110. The molecule has 0 bridgehead atoms. The molecular weight excluding hydrogens is 354 g/mol. The molecule has 140 valence electrons. The van der Waals surface area contributed by atoms with Crippen molar-refractivity contribution in [1.29, 1.82) is 0 Å². The molecule has 4 nitrogen and oxygen atoms in total. The molecule has 0 radical (unpaired) electrons. The van der Waals surface area contributed by atoms with Crippen molar-refractivity contribution in [3.8, 4) is 0 Å². The lowest BCUT2D eigenvalue weighted by Crippen LogP contribution is -2.42. The second kappa shape index (κ2) is 8.63. The summed E-state index contributed by atoms with van der Waals surface area (Å²) in [4.78, 5) is 19.6. The van der Waals surface area contributed by atoms with Crippen molar-refractivity contribution in [2.24, 2.45) is 0 Å². The van der Waals surface area contributed by atoms with Gasteiger partial charge in [0.15, 0.2) is 0 Å². The van der Waals surface area contributed by atoms with Crippen LogP contribution < -0.4 is 5.32 Å². The van der Waals surface area contributed by atoms with E-state index in [4.69, 9.17) is 4.98 Å². The SMILES string of the molecule is O=C(CN1CCCC[C@@H]1c1nc2ccccc2s1)NCCc1ccccc1. The van der Waals surface area contributed by atoms with E-state index in [2.05, 4.69) is 40.5 Å². The number of benzene rings is 2. The second-order valence-corrected chi connectivity index (χ2v) is 8.15. The van der Waals surface area contributed by atoms with Crippen LogP contribution in [0.1, 0.15) is 35.9 Å². The molecule has 1 amide bonds. The lowest BCUT2D eigenvalue weighted by molar-refractivity contribution is -0.123. The number of piperidine rings is 1. The minimum atomic E-state index is 0.110. The number of para-hydroxylation sites is 1. The summed E-state index contributed by atoms with van der Waals surface area (Å²) in [7, 11) is 0. The molecule has 2 aromatic carbocycles. The van der Waals surface area contributed by atoms with Crippen molar-refractivity contribution < 1.29 is 4.79 Å². The highest BCUT2D eigenvalue weighted by Gasteiger charge is 2.28. The maximum atomic E-state index is 12.5. The van der Waals surface area contributed by atoms with E-state index in [1.165, 1.54) is 16.7 Å². The molecule has 4 rings (SSSR count). The van der Waals surface area contributed by atoms with Crippen molar-refractivity contribution >= 4 is 27.5 Å². The Morgan fingerprint density at radius 2 is 1.93 bits per heavy atom. The van der Waals surface area contributed by atoms with Crippen LogP contribution in [0.5, 0.6) is 0 Å². The van der Waals surface area contributed by atoms with Gasteiger partial charge in [0.2, 0.25) is 5.91 Å². The van der Waals surface area contributed by atoms with Crippen LogP contribution in [0.2, 0.25) is 0 Å². The summed E-state index contributed by atoms with van der Waals surface area (Å²) < 4.78 is 1.23. The highest BCUT2D eigenvalue weighted by molar-refractivity contribution is 7.18. The smallest absolute Gasteiger partial charge is 0.234 e. The van der Waals surface area contributed by atoms with Crippen LogP contribution in [-0.4, -0.2) is 35.4 Å². The first-order chi connectivity index (χ1) is 13.3. The van der Waals surface area contributed by atoms with Gasteiger partial charge in [-0.1, -0.05) is 48.9 Å². The number of likely N-dealkylation sites (tertiary alicyclic amines) is 1. The van der Waals surface area contributed by atoms with Crippen LogP contribution >= 0.6 is 11.3 Å². The van der Waals surface area contributed by atoms with Gasteiger partial charge in [-0.3, -0.25) is 9.69 Å². The molecule has 1 aliphatic rings. The highest BCUT2D eigenvalue weighted by Crippen LogP contribution is 2.35. The topological polar surface area (TPSA) is 45.2 Å². The number of nitrogens with one attached hydrogen (secondary N) is 1. The molecule has 1 fully saturated rings. The van der Waals surface area contributed by atoms with Gasteiger partial charge >= 0.3 is 0 Å². The third kappa shape index (κ3) is 4.54. The number of fused-ring (bicyclic) bond motifs is 1. The number of hydrogen-bond donors (Lipinski definition) is 1. The van der Waals surface area contributed by atoms with Crippen LogP contribution in [0.15, 0.2) is 54.6 Å². The molecule has 1 saturated heterocycles. The van der Waals surface area contributed by atoms with Crippen molar-refractivity contribution in [3.05, 3.63) is 65.2 Å². The summed E-state index contributed by atoms with van der Waals surface area (Å²) in [6.45, 7) is 2.10. The first-order valence-corrected chi connectivity index (χ1v) is 10.5. The largest absolute Gasteiger partial charge is 0.355 e. The Morgan fingerprint density at radius 1 is 1.11 bits per heavy atom. The van der Waals surface area contributed by atoms with E-state index in [0.29, 0.717) is 13.1 Å². The molecule has 2 heterocycles. The third-order valence-corrected chi connectivity index (χ3v) is 6.27.